The summed E-state index contributed by atoms with van der Waals surface area (Å²) in [7, 11) is 0. The van der Waals surface area contributed by atoms with E-state index < -0.39 is 23.6 Å². The number of carbonyl (C=O) groups is 2. The molecule has 1 fully saturated rings. The van der Waals surface area contributed by atoms with Gasteiger partial charge in [-0.2, -0.15) is 13.2 Å². The van der Waals surface area contributed by atoms with Crippen molar-refractivity contribution in [3.05, 3.63) is 106 Å². The van der Waals surface area contributed by atoms with E-state index >= 15 is 0 Å². The van der Waals surface area contributed by atoms with E-state index in [2.05, 4.69) is 5.32 Å². The number of likely N-dealkylation sites (tertiary alicyclic amines) is 1. The number of hydrogen-bond acceptors (Lipinski definition) is 2. The number of hydrogen-bond donors (Lipinski definition) is 1. The quantitative estimate of drug-likeness (QED) is 0.515. The van der Waals surface area contributed by atoms with Crippen LogP contribution >= 0.6 is 11.6 Å². The summed E-state index contributed by atoms with van der Waals surface area (Å²) in [5.74, 6) is -1.98. The minimum Gasteiger partial charge on any atom is -0.352 e. The van der Waals surface area contributed by atoms with Gasteiger partial charge in [0.25, 0.3) is 5.91 Å². The summed E-state index contributed by atoms with van der Waals surface area (Å²) in [6.45, 7) is 0.463. The van der Waals surface area contributed by atoms with Crippen molar-refractivity contribution in [1.82, 2.24) is 10.2 Å². The Hall–Kier alpha value is -3.32. The van der Waals surface area contributed by atoms with Crippen LogP contribution in [0.25, 0.3) is 0 Å². The summed E-state index contributed by atoms with van der Waals surface area (Å²) >= 11 is 6.19. The molecular weight excluding hydrogens is 465 g/mol. The number of carbonyl (C=O) groups excluding carboxylic acids is 2. The molecule has 4 rings (SSSR count). The van der Waals surface area contributed by atoms with E-state index in [0.717, 1.165) is 17.7 Å². The van der Waals surface area contributed by atoms with Crippen LogP contribution in [0.15, 0.2) is 78.9 Å². The van der Waals surface area contributed by atoms with Crippen LogP contribution in [-0.2, 0) is 17.5 Å². The van der Waals surface area contributed by atoms with E-state index in [1.807, 2.05) is 30.3 Å². The maximum absolute atomic E-state index is 13.3. The Morgan fingerprint density at radius 1 is 0.941 bits per heavy atom. The van der Waals surface area contributed by atoms with Crippen molar-refractivity contribution in [2.45, 2.75) is 18.6 Å². The van der Waals surface area contributed by atoms with E-state index in [1.165, 1.54) is 11.0 Å². The maximum Gasteiger partial charge on any atom is 0.416 e. The van der Waals surface area contributed by atoms with Crippen molar-refractivity contribution in [2.24, 2.45) is 5.92 Å². The van der Waals surface area contributed by atoms with Crippen LogP contribution in [0.1, 0.15) is 33.0 Å². The molecule has 1 aliphatic heterocycles. The van der Waals surface area contributed by atoms with Gasteiger partial charge in [-0.1, -0.05) is 72.3 Å². The zero-order chi connectivity index (χ0) is 24.3. The summed E-state index contributed by atoms with van der Waals surface area (Å²) < 4.78 is 40.0. The molecule has 176 valence electrons. The van der Waals surface area contributed by atoms with Gasteiger partial charge >= 0.3 is 6.18 Å². The maximum atomic E-state index is 13.3. The fourth-order valence-electron chi connectivity index (χ4n) is 4.24. The highest BCUT2D eigenvalue weighted by Gasteiger charge is 2.41. The van der Waals surface area contributed by atoms with E-state index in [4.69, 9.17) is 11.6 Å². The number of nitrogens with one attached hydrogen (secondary N) is 1. The smallest absolute Gasteiger partial charge is 0.352 e. The van der Waals surface area contributed by atoms with Gasteiger partial charge in [0.15, 0.2) is 0 Å². The molecule has 34 heavy (non-hydrogen) atoms. The van der Waals surface area contributed by atoms with Crippen LogP contribution in [-0.4, -0.2) is 29.8 Å². The number of benzene rings is 3. The molecule has 0 spiro atoms. The SMILES string of the molecule is O=C(NCc1ccccc1)[C@H]1CN(C(=O)c2ccccc2Cl)C[C@@H]1c1cccc(C(F)(F)F)c1. The Kier molecular flexibility index (Phi) is 6.93. The second-order valence-corrected chi connectivity index (χ2v) is 8.64. The highest BCUT2D eigenvalue weighted by atomic mass is 35.5. The molecule has 1 saturated heterocycles. The lowest BCUT2D eigenvalue weighted by Crippen LogP contribution is -2.35. The molecule has 0 saturated carbocycles. The third kappa shape index (κ3) is 5.25. The highest BCUT2D eigenvalue weighted by Crippen LogP contribution is 2.37. The number of alkyl halides is 3. The number of amides is 2. The summed E-state index contributed by atoms with van der Waals surface area (Å²) in [4.78, 5) is 27.8. The van der Waals surface area contributed by atoms with Gasteiger partial charge in [-0.3, -0.25) is 9.59 Å². The largest absolute Gasteiger partial charge is 0.416 e. The molecule has 2 atom stereocenters. The first-order valence-electron chi connectivity index (χ1n) is 10.8. The highest BCUT2D eigenvalue weighted by molar-refractivity contribution is 6.33. The fraction of sp³-hybridized carbons (Fsp3) is 0.231. The van der Waals surface area contributed by atoms with Crippen LogP contribution in [0.2, 0.25) is 5.02 Å². The molecule has 3 aromatic rings. The van der Waals surface area contributed by atoms with Crippen molar-refractivity contribution < 1.29 is 22.8 Å². The lowest BCUT2D eigenvalue weighted by molar-refractivity contribution is -0.137. The topological polar surface area (TPSA) is 49.4 Å². The predicted molar refractivity (Wildman–Crippen MR) is 123 cm³/mol. The van der Waals surface area contributed by atoms with Crippen LogP contribution in [0, 0.1) is 5.92 Å². The first kappa shape index (κ1) is 23.8. The lowest BCUT2D eigenvalue weighted by Gasteiger charge is -2.19. The second kappa shape index (κ2) is 9.89. The van der Waals surface area contributed by atoms with Crippen LogP contribution in [0.3, 0.4) is 0 Å². The van der Waals surface area contributed by atoms with E-state index in [1.54, 1.807) is 30.3 Å². The number of rotatable bonds is 5. The van der Waals surface area contributed by atoms with Crippen molar-refractivity contribution >= 4 is 23.4 Å². The monoisotopic (exact) mass is 486 g/mol. The molecule has 1 N–H and O–H groups in total. The van der Waals surface area contributed by atoms with Gasteiger partial charge in [-0.15, -0.1) is 0 Å². The van der Waals surface area contributed by atoms with Gasteiger partial charge < -0.3 is 10.2 Å². The molecule has 0 aromatic heterocycles. The average molecular weight is 487 g/mol. The van der Waals surface area contributed by atoms with Crippen molar-refractivity contribution in [2.75, 3.05) is 13.1 Å². The molecule has 8 heteroatoms. The molecule has 0 unspecified atom stereocenters. The summed E-state index contributed by atoms with van der Waals surface area (Å²) in [5.41, 5.74) is 0.763. The van der Waals surface area contributed by atoms with Gasteiger partial charge in [-0.25, -0.2) is 0 Å². The van der Waals surface area contributed by atoms with Crippen molar-refractivity contribution in [3.8, 4) is 0 Å². The van der Waals surface area contributed by atoms with E-state index in [9.17, 15) is 22.8 Å². The van der Waals surface area contributed by atoms with Gasteiger partial charge in [0.2, 0.25) is 5.91 Å². The zero-order valence-corrected chi connectivity index (χ0v) is 18.8. The Morgan fingerprint density at radius 2 is 1.65 bits per heavy atom. The molecule has 3 aromatic carbocycles. The minimum atomic E-state index is -4.51. The van der Waals surface area contributed by atoms with Crippen molar-refractivity contribution in [1.29, 1.82) is 0 Å². The molecule has 0 bridgehead atoms. The molecule has 0 radical (unpaired) electrons. The van der Waals surface area contributed by atoms with Crippen LogP contribution in [0.4, 0.5) is 13.2 Å². The standard InChI is InChI=1S/C26H22ClF3N2O2/c27-23-12-5-4-11-20(23)25(34)32-15-21(18-9-6-10-19(13-18)26(28,29)30)22(16-32)24(33)31-14-17-7-2-1-3-8-17/h1-13,21-22H,14-16H2,(H,31,33)/t21-,22+/m1/s1. The molecule has 2 amide bonds. The summed E-state index contributed by atoms with van der Waals surface area (Å²) in [5, 5.41) is 3.15. The normalized spacial score (nSPS) is 18.1. The first-order chi connectivity index (χ1) is 16.2. The molecule has 1 aliphatic rings. The van der Waals surface area contributed by atoms with Gasteiger partial charge in [0.05, 0.1) is 22.1 Å². The third-order valence-electron chi connectivity index (χ3n) is 6.00. The predicted octanol–water partition coefficient (Wildman–Crippen LogP) is 5.53. The number of halogens is 4. The Balaban J connectivity index is 1.61. The lowest BCUT2D eigenvalue weighted by atomic mass is 9.87. The van der Waals surface area contributed by atoms with E-state index in [0.29, 0.717) is 5.56 Å². The van der Waals surface area contributed by atoms with Gasteiger partial charge in [0.1, 0.15) is 0 Å². The van der Waals surface area contributed by atoms with Crippen LogP contribution in [0.5, 0.6) is 0 Å². The zero-order valence-electron chi connectivity index (χ0n) is 18.1. The molecular formula is C26H22ClF3N2O2. The Labute approximate surface area is 200 Å². The molecule has 1 heterocycles. The first-order valence-corrected chi connectivity index (χ1v) is 11.1. The minimum absolute atomic E-state index is 0.0750. The second-order valence-electron chi connectivity index (χ2n) is 8.23. The molecule has 4 nitrogen and oxygen atoms in total. The Bertz CT molecular complexity index is 1180. The summed E-state index contributed by atoms with van der Waals surface area (Å²) in [6, 6.07) is 20.8. The Morgan fingerprint density at radius 3 is 2.35 bits per heavy atom. The molecule has 0 aliphatic carbocycles. The van der Waals surface area contributed by atoms with Crippen molar-refractivity contribution in [3.63, 3.8) is 0 Å². The fourth-order valence-corrected chi connectivity index (χ4v) is 4.46. The summed E-state index contributed by atoms with van der Waals surface area (Å²) in [6.07, 6.45) is -4.51. The van der Waals surface area contributed by atoms with Gasteiger partial charge in [-0.05, 0) is 29.3 Å². The van der Waals surface area contributed by atoms with E-state index in [-0.39, 0.29) is 42.0 Å². The van der Waals surface area contributed by atoms with Crippen LogP contribution < -0.4 is 5.32 Å². The third-order valence-corrected chi connectivity index (χ3v) is 6.33. The average Bonchev–Trinajstić information content (AvgIpc) is 3.28. The number of nitrogens with zero attached hydrogens (tertiary/aromatic N) is 1. The van der Waals surface area contributed by atoms with Gasteiger partial charge in [0, 0.05) is 25.6 Å².